The first-order chi connectivity index (χ1) is 13.1. The van der Waals surface area contributed by atoms with E-state index in [1.54, 1.807) is 12.1 Å². The van der Waals surface area contributed by atoms with Crippen molar-refractivity contribution in [2.75, 3.05) is 6.54 Å². The van der Waals surface area contributed by atoms with Crippen molar-refractivity contribution in [3.05, 3.63) is 64.0 Å². The third-order valence-corrected chi connectivity index (χ3v) is 6.00. The molecule has 0 amide bonds. The lowest BCUT2D eigenvalue weighted by Crippen LogP contribution is -2.50. The van der Waals surface area contributed by atoms with Gasteiger partial charge in [-0.05, 0) is 54.9 Å². The molecule has 0 spiro atoms. The Morgan fingerprint density at radius 1 is 1.11 bits per heavy atom. The van der Waals surface area contributed by atoms with Crippen LogP contribution in [-0.4, -0.2) is 32.1 Å². The minimum Gasteiger partial charge on any atom is -0.360 e. The molecule has 0 unspecified atom stereocenters. The van der Waals surface area contributed by atoms with E-state index in [1.165, 1.54) is 37.8 Å². The molecule has 27 heavy (non-hydrogen) atoms. The molecule has 2 heterocycles. The van der Waals surface area contributed by atoms with Gasteiger partial charge in [0.05, 0.1) is 11.0 Å². The highest BCUT2D eigenvalue weighted by atomic mass is 32.1. The largest absolute Gasteiger partial charge is 0.360 e. The molecule has 4 rings (SSSR count). The van der Waals surface area contributed by atoms with Crippen molar-refractivity contribution in [2.24, 2.45) is 0 Å². The highest BCUT2D eigenvalue weighted by molar-refractivity contribution is 7.80. The van der Waals surface area contributed by atoms with Crippen molar-refractivity contribution in [1.29, 1.82) is 0 Å². The first-order valence-electron chi connectivity index (χ1n) is 9.60. The first kappa shape index (κ1) is 18.0. The predicted octanol–water partition coefficient (Wildman–Crippen LogP) is 4.01. The van der Waals surface area contributed by atoms with E-state index in [2.05, 4.69) is 33.1 Å². The number of nitro benzene ring substituents is 1. The average molecular weight is 385 g/mol. The highest BCUT2D eigenvalue weighted by Crippen LogP contribution is 2.33. The number of nitro groups is 1. The first-order valence-corrected chi connectivity index (χ1v) is 10.0. The van der Waals surface area contributed by atoms with Crippen LogP contribution in [0.3, 0.4) is 0 Å². The van der Waals surface area contributed by atoms with Crippen LogP contribution in [0.1, 0.15) is 49.4 Å². The SMILES string of the molecule is O=[N+]([O-])c1ccc([C@H]2c3cccn3CCN2C(=S)NC2CCCCC2)cc1. The Labute approximate surface area is 164 Å². The summed E-state index contributed by atoms with van der Waals surface area (Å²) in [6.07, 6.45) is 8.26. The van der Waals surface area contributed by atoms with Crippen molar-refractivity contribution in [3.8, 4) is 0 Å². The molecule has 1 fully saturated rings. The van der Waals surface area contributed by atoms with Gasteiger partial charge in [0.15, 0.2) is 5.11 Å². The predicted molar refractivity (Wildman–Crippen MR) is 109 cm³/mol. The Morgan fingerprint density at radius 2 is 1.85 bits per heavy atom. The van der Waals surface area contributed by atoms with Crippen molar-refractivity contribution in [2.45, 2.75) is 50.7 Å². The van der Waals surface area contributed by atoms with Gasteiger partial charge < -0.3 is 14.8 Å². The fourth-order valence-corrected chi connectivity index (χ4v) is 4.60. The van der Waals surface area contributed by atoms with Crippen LogP contribution in [0.4, 0.5) is 5.69 Å². The van der Waals surface area contributed by atoms with Crippen molar-refractivity contribution in [3.63, 3.8) is 0 Å². The standard InChI is InChI=1S/C20H24N4O2S/c25-24(26)17-10-8-15(9-11-17)19-18-7-4-12-22(18)13-14-23(19)20(27)21-16-5-2-1-3-6-16/h4,7-12,16,19H,1-3,5-6,13-14H2,(H,21,27)/t19-/m0/s1. The van der Waals surface area contributed by atoms with E-state index in [-0.39, 0.29) is 16.7 Å². The van der Waals surface area contributed by atoms with Crippen LogP contribution in [0.25, 0.3) is 0 Å². The number of hydrogen-bond acceptors (Lipinski definition) is 3. The number of nitrogens with one attached hydrogen (secondary N) is 1. The Kier molecular flexibility index (Phi) is 5.11. The molecule has 1 aliphatic carbocycles. The Morgan fingerprint density at radius 3 is 2.56 bits per heavy atom. The van der Waals surface area contributed by atoms with E-state index >= 15 is 0 Å². The number of non-ortho nitro benzene ring substituents is 1. The molecule has 1 N–H and O–H groups in total. The van der Waals surface area contributed by atoms with Gasteiger partial charge in [-0.3, -0.25) is 10.1 Å². The van der Waals surface area contributed by atoms with Crippen LogP contribution in [-0.2, 0) is 6.54 Å². The van der Waals surface area contributed by atoms with Gasteiger partial charge in [0.2, 0.25) is 0 Å². The number of fused-ring (bicyclic) bond motifs is 1. The fraction of sp³-hybridized carbons (Fsp3) is 0.450. The lowest BCUT2D eigenvalue weighted by molar-refractivity contribution is -0.384. The molecule has 1 aromatic heterocycles. The number of nitrogens with zero attached hydrogens (tertiary/aromatic N) is 3. The zero-order valence-electron chi connectivity index (χ0n) is 15.2. The maximum Gasteiger partial charge on any atom is 0.269 e. The van der Waals surface area contributed by atoms with E-state index in [0.717, 1.165) is 23.8 Å². The summed E-state index contributed by atoms with van der Waals surface area (Å²) < 4.78 is 2.24. The number of aromatic nitrogens is 1. The Bertz CT molecular complexity index is 827. The van der Waals surface area contributed by atoms with Gasteiger partial charge in [-0.15, -0.1) is 0 Å². The third kappa shape index (κ3) is 3.69. The van der Waals surface area contributed by atoms with Crippen LogP contribution in [0.15, 0.2) is 42.6 Å². The van der Waals surface area contributed by atoms with Gasteiger partial charge in [0.25, 0.3) is 5.69 Å². The van der Waals surface area contributed by atoms with Gasteiger partial charge in [-0.2, -0.15) is 0 Å². The third-order valence-electron chi connectivity index (χ3n) is 5.65. The average Bonchev–Trinajstić information content (AvgIpc) is 3.17. The summed E-state index contributed by atoms with van der Waals surface area (Å²) in [5.74, 6) is 0. The molecule has 6 nitrogen and oxygen atoms in total. The maximum atomic E-state index is 11.0. The molecule has 1 aliphatic heterocycles. The number of rotatable bonds is 3. The van der Waals surface area contributed by atoms with Crippen LogP contribution < -0.4 is 5.32 Å². The van der Waals surface area contributed by atoms with E-state index < -0.39 is 0 Å². The molecule has 2 aromatic rings. The molecule has 0 bridgehead atoms. The lowest BCUT2D eigenvalue weighted by Gasteiger charge is -2.40. The number of benzene rings is 1. The second-order valence-electron chi connectivity index (χ2n) is 7.36. The monoisotopic (exact) mass is 384 g/mol. The second-order valence-corrected chi connectivity index (χ2v) is 7.74. The summed E-state index contributed by atoms with van der Waals surface area (Å²) in [5.41, 5.74) is 2.30. The molecule has 0 radical (unpaired) electrons. The van der Waals surface area contributed by atoms with Crippen molar-refractivity contribution >= 4 is 23.0 Å². The second kappa shape index (κ2) is 7.68. The number of hydrogen-bond donors (Lipinski definition) is 1. The molecule has 142 valence electrons. The minimum absolute atomic E-state index is 0.0295. The normalized spacial score (nSPS) is 20.1. The summed E-state index contributed by atoms with van der Waals surface area (Å²) in [6.45, 7) is 1.71. The van der Waals surface area contributed by atoms with E-state index in [0.29, 0.717) is 6.04 Å². The zero-order chi connectivity index (χ0) is 18.8. The summed E-state index contributed by atoms with van der Waals surface area (Å²) >= 11 is 5.80. The summed E-state index contributed by atoms with van der Waals surface area (Å²) in [4.78, 5) is 12.9. The quantitative estimate of drug-likeness (QED) is 0.492. The van der Waals surface area contributed by atoms with E-state index in [4.69, 9.17) is 12.2 Å². The van der Waals surface area contributed by atoms with Gasteiger partial charge in [0, 0.05) is 43.2 Å². The van der Waals surface area contributed by atoms with E-state index in [9.17, 15) is 10.1 Å². The smallest absolute Gasteiger partial charge is 0.269 e. The highest BCUT2D eigenvalue weighted by Gasteiger charge is 2.31. The van der Waals surface area contributed by atoms with Crippen LogP contribution in [0.5, 0.6) is 0 Å². The van der Waals surface area contributed by atoms with Gasteiger partial charge >= 0.3 is 0 Å². The topological polar surface area (TPSA) is 63.3 Å². The minimum atomic E-state index is -0.361. The molecule has 7 heteroatoms. The van der Waals surface area contributed by atoms with Crippen LogP contribution in [0.2, 0.25) is 0 Å². The van der Waals surface area contributed by atoms with Gasteiger partial charge in [-0.1, -0.05) is 19.3 Å². The zero-order valence-corrected chi connectivity index (χ0v) is 16.0. The summed E-state index contributed by atoms with van der Waals surface area (Å²) in [6, 6.07) is 11.4. The van der Waals surface area contributed by atoms with Gasteiger partial charge in [-0.25, -0.2) is 0 Å². The number of thiocarbonyl (C=S) groups is 1. The van der Waals surface area contributed by atoms with Crippen LogP contribution in [0, 0.1) is 10.1 Å². The molecule has 1 aromatic carbocycles. The van der Waals surface area contributed by atoms with E-state index in [1.807, 2.05) is 12.1 Å². The lowest BCUT2D eigenvalue weighted by atomic mass is 9.95. The molecular weight excluding hydrogens is 360 g/mol. The summed E-state index contributed by atoms with van der Waals surface area (Å²) in [7, 11) is 0. The molecular formula is C20H24N4O2S. The Hall–Kier alpha value is -2.41. The maximum absolute atomic E-state index is 11.0. The summed E-state index contributed by atoms with van der Waals surface area (Å²) in [5, 5.41) is 15.4. The fourth-order valence-electron chi connectivity index (χ4n) is 4.24. The molecule has 2 aliphatic rings. The molecule has 0 saturated heterocycles. The molecule has 1 saturated carbocycles. The molecule has 1 atom stereocenters. The van der Waals surface area contributed by atoms with Crippen molar-refractivity contribution in [1.82, 2.24) is 14.8 Å². The Balaban J connectivity index is 1.61. The van der Waals surface area contributed by atoms with Crippen LogP contribution >= 0.6 is 12.2 Å². The van der Waals surface area contributed by atoms with Crippen molar-refractivity contribution < 1.29 is 4.92 Å². The van der Waals surface area contributed by atoms with Gasteiger partial charge in [0.1, 0.15) is 0 Å².